The van der Waals surface area contributed by atoms with Crippen LogP contribution < -0.4 is 11.1 Å². The van der Waals surface area contributed by atoms with Crippen LogP contribution in [0.25, 0.3) is 0 Å². The predicted molar refractivity (Wildman–Crippen MR) is 76.5 cm³/mol. The van der Waals surface area contributed by atoms with Crippen molar-refractivity contribution in [2.24, 2.45) is 11.7 Å². The first-order valence-corrected chi connectivity index (χ1v) is 6.90. The molecule has 0 bridgehead atoms. The first-order valence-electron chi connectivity index (χ1n) is 6.52. The van der Waals surface area contributed by atoms with E-state index in [1.54, 1.807) is 6.07 Å². The predicted octanol–water partition coefficient (Wildman–Crippen LogP) is 3.18. The van der Waals surface area contributed by atoms with Crippen LogP contribution in [0.3, 0.4) is 0 Å². The lowest BCUT2D eigenvalue weighted by atomic mass is 9.98. The molecule has 1 atom stereocenters. The van der Waals surface area contributed by atoms with Crippen molar-refractivity contribution in [2.45, 2.75) is 31.7 Å². The Kier molecular flexibility index (Phi) is 4.61. The maximum atomic E-state index is 11.0. The summed E-state index contributed by atoms with van der Waals surface area (Å²) in [5, 5.41) is 14.7. The van der Waals surface area contributed by atoms with Crippen LogP contribution in [0.15, 0.2) is 18.2 Å². The second-order valence-electron chi connectivity index (χ2n) is 4.95. The summed E-state index contributed by atoms with van der Waals surface area (Å²) < 4.78 is 0. The van der Waals surface area contributed by atoms with Gasteiger partial charge in [0.05, 0.1) is 4.92 Å². The quantitative estimate of drug-likeness (QED) is 0.642. The SMILES string of the molecule is NCC(Nc1cc(Cl)ccc1[N+](=O)[O-])C1CCCC1. The fraction of sp³-hybridized carbons (Fsp3) is 0.538. The number of nitro benzene ring substituents is 1. The normalized spacial score (nSPS) is 17.4. The molecule has 104 valence electrons. The highest BCUT2D eigenvalue weighted by atomic mass is 35.5. The Hall–Kier alpha value is -1.33. The third-order valence-electron chi connectivity index (χ3n) is 3.72. The molecule has 6 heteroatoms. The van der Waals surface area contributed by atoms with Crippen LogP contribution in [0.1, 0.15) is 25.7 Å². The summed E-state index contributed by atoms with van der Waals surface area (Å²) >= 11 is 5.91. The molecular formula is C13H18ClN3O2. The minimum absolute atomic E-state index is 0.0425. The lowest BCUT2D eigenvalue weighted by molar-refractivity contribution is -0.384. The number of nitrogens with zero attached hydrogens (tertiary/aromatic N) is 1. The summed E-state index contributed by atoms with van der Waals surface area (Å²) in [5.74, 6) is 0.489. The van der Waals surface area contributed by atoms with Crippen LogP contribution in [0.4, 0.5) is 11.4 Å². The first-order chi connectivity index (χ1) is 9.11. The molecule has 19 heavy (non-hydrogen) atoms. The highest BCUT2D eigenvalue weighted by molar-refractivity contribution is 6.31. The van der Waals surface area contributed by atoms with E-state index in [0.29, 0.717) is 23.2 Å². The van der Waals surface area contributed by atoms with E-state index < -0.39 is 4.92 Å². The molecule has 1 aliphatic rings. The summed E-state index contributed by atoms with van der Waals surface area (Å²) in [6, 6.07) is 4.61. The van der Waals surface area contributed by atoms with E-state index in [4.69, 9.17) is 17.3 Å². The highest BCUT2D eigenvalue weighted by Crippen LogP contribution is 2.33. The van der Waals surface area contributed by atoms with Gasteiger partial charge in [0.1, 0.15) is 5.69 Å². The molecule has 2 rings (SSSR count). The van der Waals surface area contributed by atoms with E-state index in [2.05, 4.69) is 5.32 Å². The van der Waals surface area contributed by atoms with Gasteiger partial charge in [0.25, 0.3) is 5.69 Å². The number of nitrogens with one attached hydrogen (secondary N) is 1. The highest BCUT2D eigenvalue weighted by Gasteiger charge is 2.26. The summed E-state index contributed by atoms with van der Waals surface area (Å²) in [4.78, 5) is 10.6. The molecule has 1 aliphatic carbocycles. The molecule has 0 saturated heterocycles. The van der Waals surface area contributed by atoms with Crippen LogP contribution >= 0.6 is 11.6 Å². The van der Waals surface area contributed by atoms with Crippen LogP contribution in [0.2, 0.25) is 5.02 Å². The number of hydrogen-bond acceptors (Lipinski definition) is 4. The van der Waals surface area contributed by atoms with E-state index in [1.807, 2.05) is 0 Å². The molecule has 5 nitrogen and oxygen atoms in total. The standard InChI is InChI=1S/C13H18ClN3O2/c14-10-5-6-13(17(18)19)11(7-10)16-12(8-15)9-3-1-2-4-9/h5-7,9,12,16H,1-4,8,15H2. The lowest BCUT2D eigenvalue weighted by Crippen LogP contribution is -2.35. The van der Waals surface area contributed by atoms with E-state index in [1.165, 1.54) is 25.0 Å². The molecule has 0 radical (unpaired) electrons. The molecular weight excluding hydrogens is 266 g/mol. The maximum absolute atomic E-state index is 11.0. The van der Waals surface area contributed by atoms with Crippen LogP contribution in [-0.2, 0) is 0 Å². The van der Waals surface area contributed by atoms with Crippen molar-refractivity contribution in [3.05, 3.63) is 33.3 Å². The van der Waals surface area contributed by atoms with Crippen molar-refractivity contribution in [1.82, 2.24) is 0 Å². The summed E-state index contributed by atoms with van der Waals surface area (Å²) in [7, 11) is 0. The third-order valence-corrected chi connectivity index (χ3v) is 3.95. The van der Waals surface area contributed by atoms with Gasteiger partial charge in [0, 0.05) is 23.7 Å². The largest absolute Gasteiger partial charge is 0.375 e. The van der Waals surface area contributed by atoms with Gasteiger partial charge in [-0.05, 0) is 30.9 Å². The zero-order chi connectivity index (χ0) is 13.8. The van der Waals surface area contributed by atoms with E-state index >= 15 is 0 Å². The molecule has 0 aromatic heterocycles. The van der Waals surface area contributed by atoms with Crippen molar-refractivity contribution in [3.8, 4) is 0 Å². The first kappa shape index (κ1) is 14.1. The minimum Gasteiger partial charge on any atom is -0.375 e. The molecule has 3 N–H and O–H groups in total. The number of rotatable bonds is 5. The Labute approximate surface area is 117 Å². The summed E-state index contributed by atoms with van der Waals surface area (Å²) in [6.45, 7) is 0.467. The topological polar surface area (TPSA) is 81.2 Å². The number of halogens is 1. The third kappa shape index (κ3) is 3.36. The summed E-state index contributed by atoms with van der Waals surface area (Å²) in [6.07, 6.45) is 4.67. The van der Waals surface area contributed by atoms with Gasteiger partial charge in [0.2, 0.25) is 0 Å². The number of nitro groups is 1. The Morgan fingerprint density at radius 3 is 2.74 bits per heavy atom. The van der Waals surface area contributed by atoms with Gasteiger partial charge in [-0.3, -0.25) is 10.1 Å². The van der Waals surface area contributed by atoms with Gasteiger partial charge in [0.15, 0.2) is 0 Å². The molecule has 0 heterocycles. The van der Waals surface area contributed by atoms with E-state index in [9.17, 15) is 10.1 Å². The van der Waals surface area contributed by atoms with Gasteiger partial charge in [-0.25, -0.2) is 0 Å². The Bertz CT molecular complexity index is 461. The van der Waals surface area contributed by atoms with Gasteiger partial charge in [-0.2, -0.15) is 0 Å². The number of hydrogen-bond donors (Lipinski definition) is 2. The van der Waals surface area contributed by atoms with E-state index in [0.717, 1.165) is 12.8 Å². The minimum atomic E-state index is -0.402. The van der Waals surface area contributed by atoms with Crippen molar-refractivity contribution in [2.75, 3.05) is 11.9 Å². The molecule has 0 spiro atoms. The maximum Gasteiger partial charge on any atom is 0.292 e. The van der Waals surface area contributed by atoms with Crippen molar-refractivity contribution < 1.29 is 4.92 Å². The Morgan fingerprint density at radius 1 is 1.47 bits per heavy atom. The smallest absolute Gasteiger partial charge is 0.292 e. The van der Waals surface area contributed by atoms with Gasteiger partial charge in [-0.15, -0.1) is 0 Å². The van der Waals surface area contributed by atoms with Crippen LogP contribution in [0, 0.1) is 16.0 Å². The zero-order valence-corrected chi connectivity index (χ0v) is 11.4. The molecule has 1 unspecified atom stereocenters. The Balaban J connectivity index is 2.20. The van der Waals surface area contributed by atoms with Gasteiger partial charge >= 0.3 is 0 Å². The second-order valence-corrected chi connectivity index (χ2v) is 5.39. The zero-order valence-electron chi connectivity index (χ0n) is 10.6. The number of nitrogens with two attached hydrogens (primary N) is 1. The lowest BCUT2D eigenvalue weighted by Gasteiger charge is -2.24. The van der Waals surface area contributed by atoms with Crippen LogP contribution in [0.5, 0.6) is 0 Å². The monoisotopic (exact) mass is 283 g/mol. The molecule has 0 aliphatic heterocycles. The fourth-order valence-corrected chi connectivity index (χ4v) is 2.88. The van der Waals surface area contributed by atoms with E-state index in [-0.39, 0.29) is 11.7 Å². The van der Waals surface area contributed by atoms with Crippen molar-refractivity contribution in [3.63, 3.8) is 0 Å². The van der Waals surface area contributed by atoms with Gasteiger partial charge < -0.3 is 11.1 Å². The van der Waals surface area contributed by atoms with Gasteiger partial charge in [-0.1, -0.05) is 24.4 Å². The summed E-state index contributed by atoms with van der Waals surface area (Å²) in [5.41, 5.74) is 6.30. The van der Waals surface area contributed by atoms with Crippen molar-refractivity contribution in [1.29, 1.82) is 0 Å². The molecule has 0 amide bonds. The molecule has 1 aromatic carbocycles. The molecule has 1 aromatic rings. The fourth-order valence-electron chi connectivity index (χ4n) is 2.71. The second kappa shape index (κ2) is 6.21. The number of anilines is 1. The average Bonchev–Trinajstić information content (AvgIpc) is 2.89. The number of benzene rings is 1. The van der Waals surface area contributed by atoms with Crippen LogP contribution in [-0.4, -0.2) is 17.5 Å². The van der Waals surface area contributed by atoms with Crippen molar-refractivity contribution >= 4 is 23.0 Å². The average molecular weight is 284 g/mol. The molecule has 1 saturated carbocycles. The Morgan fingerprint density at radius 2 is 2.16 bits per heavy atom. The molecule has 1 fully saturated rings.